The van der Waals surface area contributed by atoms with Gasteiger partial charge in [0.25, 0.3) is 0 Å². The molecule has 0 spiro atoms. The lowest BCUT2D eigenvalue weighted by Crippen LogP contribution is -2.07. The van der Waals surface area contributed by atoms with Gasteiger partial charge in [0.15, 0.2) is 0 Å². The van der Waals surface area contributed by atoms with Crippen LogP contribution in [0.4, 0.5) is 17.3 Å². The van der Waals surface area contributed by atoms with Gasteiger partial charge in [0.05, 0.1) is 0 Å². The highest BCUT2D eigenvalue weighted by atomic mass is 35.5. The molecule has 1 aromatic heterocycles. The molecule has 122 valence electrons. The molecule has 5 heteroatoms. The summed E-state index contributed by atoms with van der Waals surface area (Å²) in [6.07, 6.45) is 2.46. The lowest BCUT2D eigenvalue weighted by Gasteiger charge is -2.09. The van der Waals surface area contributed by atoms with E-state index in [1.807, 2.05) is 42.5 Å². The largest absolute Gasteiger partial charge is 0.370 e. The van der Waals surface area contributed by atoms with E-state index in [9.17, 15) is 0 Å². The highest BCUT2D eigenvalue weighted by molar-refractivity contribution is 6.30. The molecule has 2 aromatic carbocycles. The third-order valence-corrected chi connectivity index (χ3v) is 3.88. The smallest absolute Gasteiger partial charge is 0.135 e. The zero-order valence-corrected chi connectivity index (χ0v) is 14.2. The molecule has 0 fully saturated rings. The molecular formula is C19H19ClN4. The van der Waals surface area contributed by atoms with E-state index in [0.717, 1.165) is 35.3 Å². The van der Waals surface area contributed by atoms with E-state index in [0.29, 0.717) is 0 Å². The van der Waals surface area contributed by atoms with Crippen molar-refractivity contribution in [2.75, 3.05) is 17.2 Å². The molecule has 0 amide bonds. The Kier molecular flexibility index (Phi) is 5.29. The van der Waals surface area contributed by atoms with Crippen molar-refractivity contribution in [1.82, 2.24) is 9.97 Å². The molecule has 0 radical (unpaired) electrons. The van der Waals surface area contributed by atoms with Gasteiger partial charge in [-0.2, -0.15) is 0 Å². The van der Waals surface area contributed by atoms with Gasteiger partial charge in [-0.05, 0) is 43.2 Å². The molecule has 1 heterocycles. The lowest BCUT2D eigenvalue weighted by molar-refractivity contribution is 1.000. The number of halogens is 1. The van der Waals surface area contributed by atoms with Gasteiger partial charge in [0.2, 0.25) is 0 Å². The molecule has 2 N–H and O–H groups in total. The van der Waals surface area contributed by atoms with Gasteiger partial charge in [-0.15, -0.1) is 0 Å². The summed E-state index contributed by atoms with van der Waals surface area (Å²) in [6, 6.07) is 18.0. The number of benzene rings is 2. The normalized spacial score (nSPS) is 10.4. The maximum absolute atomic E-state index is 5.89. The van der Waals surface area contributed by atoms with Gasteiger partial charge in [0, 0.05) is 23.3 Å². The SMILES string of the molecule is Cc1ccc(Nc2cc(NCCc3ccc(Cl)cc3)ncn2)cc1. The van der Waals surface area contributed by atoms with Crippen LogP contribution in [-0.2, 0) is 6.42 Å². The van der Waals surface area contributed by atoms with Gasteiger partial charge >= 0.3 is 0 Å². The van der Waals surface area contributed by atoms with Crippen LogP contribution in [0.15, 0.2) is 60.9 Å². The van der Waals surface area contributed by atoms with E-state index >= 15 is 0 Å². The molecule has 0 saturated heterocycles. The monoisotopic (exact) mass is 338 g/mol. The predicted molar refractivity (Wildman–Crippen MR) is 100 cm³/mol. The fraction of sp³-hybridized carbons (Fsp3) is 0.158. The van der Waals surface area contributed by atoms with Crippen LogP contribution in [-0.4, -0.2) is 16.5 Å². The van der Waals surface area contributed by atoms with Crippen molar-refractivity contribution in [1.29, 1.82) is 0 Å². The first kappa shape index (κ1) is 16.3. The van der Waals surface area contributed by atoms with Crippen LogP contribution in [0.5, 0.6) is 0 Å². The van der Waals surface area contributed by atoms with Crippen molar-refractivity contribution in [2.24, 2.45) is 0 Å². The molecule has 3 rings (SSSR count). The van der Waals surface area contributed by atoms with Crippen LogP contribution in [0.2, 0.25) is 5.02 Å². The average Bonchev–Trinajstić information content (AvgIpc) is 2.59. The summed E-state index contributed by atoms with van der Waals surface area (Å²) >= 11 is 5.89. The highest BCUT2D eigenvalue weighted by Gasteiger charge is 2.00. The minimum atomic E-state index is 0.759. The van der Waals surface area contributed by atoms with E-state index in [1.54, 1.807) is 6.33 Å². The second kappa shape index (κ2) is 7.79. The number of aromatic nitrogens is 2. The molecule has 0 aliphatic rings. The zero-order chi connectivity index (χ0) is 16.8. The van der Waals surface area contributed by atoms with E-state index in [4.69, 9.17) is 11.6 Å². The maximum atomic E-state index is 5.89. The number of anilines is 3. The van der Waals surface area contributed by atoms with Gasteiger partial charge in [-0.25, -0.2) is 9.97 Å². The highest BCUT2D eigenvalue weighted by Crippen LogP contribution is 2.17. The summed E-state index contributed by atoms with van der Waals surface area (Å²) in [7, 11) is 0. The summed E-state index contributed by atoms with van der Waals surface area (Å²) < 4.78 is 0. The molecule has 3 aromatic rings. The van der Waals surface area contributed by atoms with Crippen LogP contribution >= 0.6 is 11.6 Å². The summed E-state index contributed by atoms with van der Waals surface area (Å²) in [5.41, 5.74) is 3.47. The Morgan fingerprint density at radius 3 is 2.38 bits per heavy atom. The Balaban J connectivity index is 1.56. The Morgan fingerprint density at radius 1 is 0.917 bits per heavy atom. The quantitative estimate of drug-likeness (QED) is 0.675. The van der Waals surface area contributed by atoms with E-state index in [-0.39, 0.29) is 0 Å². The first-order valence-electron chi connectivity index (χ1n) is 7.83. The minimum Gasteiger partial charge on any atom is -0.370 e. The first-order chi connectivity index (χ1) is 11.7. The maximum Gasteiger partial charge on any atom is 0.135 e. The molecule has 0 aliphatic heterocycles. The van der Waals surface area contributed by atoms with Crippen LogP contribution in [0, 0.1) is 6.92 Å². The summed E-state index contributed by atoms with van der Waals surface area (Å²) in [5.74, 6) is 1.57. The fourth-order valence-electron chi connectivity index (χ4n) is 2.29. The van der Waals surface area contributed by atoms with Crippen molar-refractivity contribution in [3.8, 4) is 0 Å². The van der Waals surface area contributed by atoms with E-state index < -0.39 is 0 Å². The summed E-state index contributed by atoms with van der Waals surface area (Å²) in [4.78, 5) is 8.51. The molecular weight excluding hydrogens is 320 g/mol. The van der Waals surface area contributed by atoms with Crippen molar-refractivity contribution in [3.63, 3.8) is 0 Å². The Hall–Kier alpha value is -2.59. The fourth-order valence-corrected chi connectivity index (χ4v) is 2.42. The number of nitrogens with zero attached hydrogens (tertiary/aromatic N) is 2. The third kappa shape index (κ3) is 4.70. The van der Waals surface area contributed by atoms with Crippen LogP contribution < -0.4 is 10.6 Å². The number of hydrogen-bond acceptors (Lipinski definition) is 4. The topological polar surface area (TPSA) is 49.8 Å². The Morgan fingerprint density at radius 2 is 1.62 bits per heavy atom. The average molecular weight is 339 g/mol. The molecule has 24 heavy (non-hydrogen) atoms. The molecule has 4 nitrogen and oxygen atoms in total. The second-order valence-corrected chi connectivity index (χ2v) is 6.02. The van der Waals surface area contributed by atoms with Crippen LogP contribution in [0.1, 0.15) is 11.1 Å². The van der Waals surface area contributed by atoms with Crippen molar-refractivity contribution in [3.05, 3.63) is 77.1 Å². The molecule has 0 bridgehead atoms. The summed E-state index contributed by atoms with van der Waals surface area (Å²) in [6.45, 7) is 2.86. The number of hydrogen-bond donors (Lipinski definition) is 2. The number of aryl methyl sites for hydroxylation is 1. The van der Waals surface area contributed by atoms with Crippen LogP contribution in [0.25, 0.3) is 0 Å². The molecule has 0 saturated carbocycles. The molecule has 0 aliphatic carbocycles. The number of nitrogens with one attached hydrogen (secondary N) is 2. The van der Waals surface area contributed by atoms with Gasteiger partial charge < -0.3 is 10.6 Å². The Bertz CT molecular complexity index is 785. The number of rotatable bonds is 6. The van der Waals surface area contributed by atoms with Gasteiger partial charge in [-0.3, -0.25) is 0 Å². The molecule has 0 atom stereocenters. The van der Waals surface area contributed by atoms with Crippen LogP contribution in [0.3, 0.4) is 0 Å². The van der Waals surface area contributed by atoms with E-state index in [2.05, 4.69) is 39.7 Å². The summed E-state index contributed by atoms with van der Waals surface area (Å²) in [5, 5.41) is 7.36. The minimum absolute atomic E-state index is 0.759. The van der Waals surface area contributed by atoms with Gasteiger partial charge in [-0.1, -0.05) is 41.4 Å². The first-order valence-corrected chi connectivity index (χ1v) is 8.21. The molecule has 0 unspecified atom stereocenters. The Labute approximate surface area is 146 Å². The van der Waals surface area contributed by atoms with Crippen molar-refractivity contribution in [2.45, 2.75) is 13.3 Å². The lowest BCUT2D eigenvalue weighted by atomic mass is 10.1. The van der Waals surface area contributed by atoms with Crippen molar-refractivity contribution < 1.29 is 0 Å². The second-order valence-electron chi connectivity index (χ2n) is 5.58. The van der Waals surface area contributed by atoms with Crippen molar-refractivity contribution >= 4 is 28.9 Å². The van der Waals surface area contributed by atoms with Gasteiger partial charge in [0.1, 0.15) is 18.0 Å². The third-order valence-electron chi connectivity index (χ3n) is 3.62. The predicted octanol–water partition coefficient (Wildman–Crippen LogP) is 4.84. The zero-order valence-electron chi connectivity index (χ0n) is 13.5. The standard InChI is InChI=1S/C19H19ClN4/c1-14-2-8-17(9-3-14)24-19-12-18(22-13-23-19)21-11-10-15-4-6-16(20)7-5-15/h2-9,12-13H,10-11H2,1H3,(H2,21,22,23,24). The van der Waals surface area contributed by atoms with E-state index in [1.165, 1.54) is 11.1 Å².